The number of benzene rings is 2. The molecule has 0 fully saturated rings. The smallest absolute Gasteiger partial charge is 0.348 e. The van der Waals surface area contributed by atoms with Gasteiger partial charge in [-0.15, -0.1) is 11.6 Å². The Bertz CT molecular complexity index is 1650. The van der Waals surface area contributed by atoms with Crippen LogP contribution in [0.25, 0.3) is 0 Å². The van der Waals surface area contributed by atoms with Gasteiger partial charge in [-0.3, -0.25) is 19.2 Å². The molecule has 1 aliphatic heterocycles. The van der Waals surface area contributed by atoms with Crippen LogP contribution in [0.4, 0.5) is 0 Å². The van der Waals surface area contributed by atoms with Crippen LogP contribution >= 0.6 is 23.2 Å². The molecule has 15 heteroatoms. The Morgan fingerprint density at radius 2 is 1.72 bits per heavy atom. The average Bonchev–Trinajstić information content (AvgIpc) is 3.13. The summed E-state index contributed by atoms with van der Waals surface area (Å²) >= 11 is 13.1. The lowest BCUT2D eigenvalue weighted by Crippen LogP contribution is -2.51. The monoisotopic (exact) mass is 791 g/mol. The van der Waals surface area contributed by atoms with Crippen molar-refractivity contribution < 1.29 is 48.0 Å². The number of hydrogen-bond acceptors (Lipinski definition) is 11. The topological polar surface area (TPSA) is 193 Å². The number of aliphatic hydroxyl groups excluding tert-OH is 1. The first-order chi connectivity index (χ1) is 25.4. The largest absolute Gasteiger partial charge is 0.495 e. The van der Waals surface area contributed by atoms with E-state index in [0.29, 0.717) is 27.5 Å². The van der Waals surface area contributed by atoms with Crippen LogP contribution in [0.2, 0.25) is 5.02 Å². The molecule has 13 nitrogen and oxygen atoms in total. The van der Waals surface area contributed by atoms with Gasteiger partial charge in [-0.25, -0.2) is 4.79 Å². The van der Waals surface area contributed by atoms with Gasteiger partial charge in [0, 0.05) is 25.3 Å². The standard InChI is InChI=1S/C39H51Cl2N3O10/c1-22(2)16-31-37(49)53-29(23(3)35(47)34(41)26-13-10-24(11-14-26)20-52-33(46)19-42)8-7-9-32(45)44-28(18-25-12-15-30(51-6)27(40)17-25)36(48)43-21-39(4,5)38(50)54-31/h7-8,10-15,17,22-23,28-29,31,34-35,47H,9,16,18-21,42H2,1-6H3,(H,43,48)(H,44,45)/t23-,28+,29?,31-,34?,35?/m0/s1. The number of carbonyl (C=O) groups excluding carboxylic acids is 5. The predicted octanol–water partition coefficient (Wildman–Crippen LogP) is 4.33. The summed E-state index contributed by atoms with van der Waals surface area (Å²) in [4.78, 5) is 65.4. The lowest BCUT2D eigenvalue weighted by Gasteiger charge is -2.31. The van der Waals surface area contributed by atoms with Gasteiger partial charge in [0.05, 0.1) is 35.6 Å². The first-order valence-corrected chi connectivity index (χ1v) is 18.5. The van der Waals surface area contributed by atoms with Crippen molar-refractivity contribution >= 4 is 52.9 Å². The molecular weight excluding hydrogens is 741 g/mol. The molecule has 0 saturated heterocycles. The second-order valence-electron chi connectivity index (χ2n) is 14.3. The van der Waals surface area contributed by atoms with Crippen LogP contribution in [0.5, 0.6) is 5.75 Å². The van der Waals surface area contributed by atoms with Crippen LogP contribution in [-0.2, 0) is 51.2 Å². The number of nitrogens with two attached hydrogens (primary N) is 1. The molecule has 296 valence electrons. The van der Waals surface area contributed by atoms with E-state index in [2.05, 4.69) is 10.6 Å². The number of esters is 3. The number of nitrogens with one attached hydrogen (secondary N) is 2. The van der Waals surface area contributed by atoms with Crippen molar-refractivity contribution in [2.45, 2.75) is 90.2 Å². The van der Waals surface area contributed by atoms with Crippen LogP contribution in [0.15, 0.2) is 54.6 Å². The summed E-state index contributed by atoms with van der Waals surface area (Å²) in [5.74, 6) is -3.66. The molecule has 1 heterocycles. The van der Waals surface area contributed by atoms with E-state index in [1.807, 2.05) is 13.8 Å². The molecule has 0 radical (unpaired) electrons. The molecule has 1 aliphatic rings. The fourth-order valence-electron chi connectivity index (χ4n) is 5.47. The summed E-state index contributed by atoms with van der Waals surface area (Å²) in [5, 5.41) is 16.3. The first kappa shape index (κ1) is 44.2. The van der Waals surface area contributed by atoms with Crippen molar-refractivity contribution in [3.63, 3.8) is 0 Å². The third-order valence-corrected chi connectivity index (χ3v) is 9.67. The number of halogens is 2. The number of aliphatic hydroxyl groups is 1. The van der Waals surface area contributed by atoms with Gasteiger partial charge in [0.2, 0.25) is 11.8 Å². The zero-order valence-electron chi connectivity index (χ0n) is 31.4. The number of amides is 2. The SMILES string of the molecule is COc1ccc(C[C@H]2NC(=O)CC=CC([C@H](C)C(O)C(Cl)c3ccc(COC(=O)CN)cc3)OC(=O)[C@H](CC(C)C)OC(=O)C(C)(C)CNC2=O)cc1Cl. The molecule has 6 atom stereocenters. The van der Waals surface area contributed by atoms with E-state index in [1.54, 1.807) is 63.2 Å². The molecule has 2 aromatic rings. The molecule has 3 unspecified atom stereocenters. The average molecular weight is 793 g/mol. The van der Waals surface area contributed by atoms with Crippen LogP contribution in [0, 0.1) is 17.3 Å². The molecule has 54 heavy (non-hydrogen) atoms. The molecule has 0 aromatic heterocycles. The Morgan fingerprint density at radius 1 is 1.06 bits per heavy atom. The molecule has 3 rings (SSSR count). The first-order valence-electron chi connectivity index (χ1n) is 17.7. The zero-order chi connectivity index (χ0) is 40.2. The highest BCUT2D eigenvalue weighted by Crippen LogP contribution is 2.32. The van der Waals surface area contributed by atoms with Gasteiger partial charge in [-0.05, 0) is 61.1 Å². The van der Waals surface area contributed by atoms with Crippen molar-refractivity contribution in [2.24, 2.45) is 23.0 Å². The highest BCUT2D eigenvalue weighted by atomic mass is 35.5. The van der Waals surface area contributed by atoms with Gasteiger partial charge < -0.3 is 40.4 Å². The van der Waals surface area contributed by atoms with Gasteiger partial charge in [-0.1, -0.05) is 68.8 Å². The lowest BCUT2D eigenvalue weighted by atomic mass is 9.91. The summed E-state index contributed by atoms with van der Waals surface area (Å²) in [6.07, 6.45) is -0.756. The maximum Gasteiger partial charge on any atom is 0.348 e. The van der Waals surface area contributed by atoms with Crippen LogP contribution in [0.3, 0.4) is 0 Å². The lowest BCUT2D eigenvalue weighted by molar-refractivity contribution is -0.178. The van der Waals surface area contributed by atoms with Gasteiger partial charge in [0.1, 0.15) is 24.5 Å². The summed E-state index contributed by atoms with van der Waals surface area (Å²) in [6.45, 7) is 8.09. The molecule has 2 aromatic carbocycles. The van der Waals surface area contributed by atoms with Crippen molar-refractivity contribution in [1.29, 1.82) is 0 Å². The van der Waals surface area contributed by atoms with Crippen molar-refractivity contribution in [2.75, 3.05) is 20.2 Å². The van der Waals surface area contributed by atoms with Crippen molar-refractivity contribution in [1.82, 2.24) is 10.6 Å². The minimum Gasteiger partial charge on any atom is -0.495 e. The second-order valence-corrected chi connectivity index (χ2v) is 15.2. The minimum atomic E-state index is -1.30. The van der Waals surface area contributed by atoms with Crippen LogP contribution < -0.4 is 21.1 Å². The van der Waals surface area contributed by atoms with E-state index < -0.39 is 70.8 Å². The van der Waals surface area contributed by atoms with Crippen LogP contribution in [-0.4, -0.2) is 79.4 Å². The van der Waals surface area contributed by atoms with E-state index in [9.17, 15) is 29.1 Å². The second kappa shape index (κ2) is 20.5. The Morgan fingerprint density at radius 3 is 2.33 bits per heavy atom. The van der Waals surface area contributed by atoms with E-state index in [1.165, 1.54) is 19.3 Å². The number of methoxy groups -OCH3 is 1. The third-order valence-electron chi connectivity index (χ3n) is 8.87. The van der Waals surface area contributed by atoms with E-state index >= 15 is 0 Å². The quantitative estimate of drug-likeness (QED) is 0.104. The van der Waals surface area contributed by atoms with Crippen LogP contribution in [0.1, 0.15) is 69.5 Å². The number of cyclic esters (lactones) is 2. The van der Waals surface area contributed by atoms with E-state index in [0.717, 1.165) is 0 Å². The molecular formula is C39H51Cl2N3O10. The Hall–Kier alpha value is -4.17. The highest BCUT2D eigenvalue weighted by molar-refractivity contribution is 6.32. The van der Waals surface area contributed by atoms with Gasteiger partial charge in [0.15, 0.2) is 6.10 Å². The number of hydrogen-bond donors (Lipinski definition) is 4. The molecule has 0 aliphatic carbocycles. The fourth-order valence-corrected chi connectivity index (χ4v) is 6.12. The molecule has 5 N–H and O–H groups in total. The minimum absolute atomic E-state index is 0.0131. The number of rotatable bonds is 12. The van der Waals surface area contributed by atoms with Gasteiger partial charge in [0.25, 0.3) is 0 Å². The Labute approximate surface area is 326 Å². The fraction of sp³-hybridized carbons (Fsp3) is 0.513. The third kappa shape index (κ3) is 13.0. The van der Waals surface area contributed by atoms with Gasteiger partial charge >= 0.3 is 17.9 Å². The summed E-state index contributed by atoms with van der Waals surface area (Å²) in [5.41, 5.74) is 5.88. The highest BCUT2D eigenvalue weighted by Gasteiger charge is 2.38. The number of alkyl halides is 1. The van der Waals surface area contributed by atoms with E-state index in [-0.39, 0.29) is 44.9 Å². The Balaban J connectivity index is 1.93. The maximum atomic E-state index is 13.7. The van der Waals surface area contributed by atoms with Crippen molar-refractivity contribution in [3.8, 4) is 5.75 Å². The van der Waals surface area contributed by atoms with E-state index in [4.69, 9.17) is 47.9 Å². The zero-order valence-corrected chi connectivity index (χ0v) is 32.9. The molecule has 2 amide bonds. The normalized spacial score (nSPS) is 21.6. The summed E-state index contributed by atoms with van der Waals surface area (Å²) < 4.78 is 21.9. The van der Waals surface area contributed by atoms with Gasteiger partial charge in [-0.2, -0.15) is 0 Å². The molecule has 0 bridgehead atoms. The maximum absolute atomic E-state index is 13.7. The number of carbonyl (C=O) groups is 5. The summed E-state index contributed by atoms with van der Waals surface area (Å²) in [7, 11) is 1.48. The predicted molar refractivity (Wildman–Crippen MR) is 202 cm³/mol. The Kier molecular flexibility index (Phi) is 16.8. The molecule has 0 spiro atoms. The number of ether oxygens (including phenoxy) is 4. The van der Waals surface area contributed by atoms with Crippen molar-refractivity contribution in [3.05, 3.63) is 76.3 Å². The molecule has 0 saturated carbocycles. The summed E-state index contributed by atoms with van der Waals surface area (Å²) in [6, 6.07) is 10.7.